The van der Waals surface area contributed by atoms with Gasteiger partial charge >= 0.3 is 0 Å². The van der Waals surface area contributed by atoms with Crippen molar-refractivity contribution in [3.8, 4) is 0 Å². The summed E-state index contributed by atoms with van der Waals surface area (Å²) in [5.41, 5.74) is 1.00. The summed E-state index contributed by atoms with van der Waals surface area (Å²) < 4.78 is 1.24. The zero-order valence-electron chi connectivity index (χ0n) is 7.48. The van der Waals surface area contributed by atoms with Gasteiger partial charge in [-0.05, 0) is 59.3 Å². The number of hydrogen-bond donors (Lipinski definition) is 1. The van der Waals surface area contributed by atoms with Gasteiger partial charge in [-0.15, -0.1) is 0 Å². The number of amides is 1. The van der Waals surface area contributed by atoms with Crippen molar-refractivity contribution in [1.29, 1.82) is 0 Å². The van der Waals surface area contributed by atoms with Crippen LogP contribution in [0.5, 0.6) is 0 Å². The highest BCUT2D eigenvalue weighted by Gasteiger charge is 2.18. The first-order valence-electron chi connectivity index (χ1n) is 4.29. The Morgan fingerprint density at radius 1 is 1.50 bits per heavy atom. The molecule has 0 unspecified atom stereocenters. The van der Waals surface area contributed by atoms with E-state index in [4.69, 9.17) is 0 Å². The predicted octanol–water partition coefficient (Wildman–Crippen LogP) is 2.38. The summed E-state index contributed by atoms with van der Waals surface area (Å²) in [7, 11) is 0. The number of halogens is 1. The fourth-order valence-electron chi connectivity index (χ4n) is 1.29. The van der Waals surface area contributed by atoms with E-state index in [1.165, 1.54) is 3.58 Å². The first-order chi connectivity index (χ1) is 5.61. The monoisotopic (exact) mass is 279 g/mol. The van der Waals surface area contributed by atoms with Gasteiger partial charge in [-0.2, -0.15) is 0 Å². The molecule has 0 saturated heterocycles. The summed E-state index contributed by atoms with van der Waals surface area (Å²) in [5.74, 6) is 0.131. The number of carbonyl (C=O) groups is 1. The molecule has 1 aliphatic carbocycles. The maximum atomic E-state index is 11.5. The van der Waals surface area contributed by atoms with Gasteiger partial charge in [-0.3, -0.25) is 4.79 Å². The number of hydrogen-bond acceptors (Lipinski definition) is 1. The van der Waals surface area contributed by atoms with Crippen LogP contribution < -0.4 is 5.32 Å². The van der Waals surface area contributed by atoms with Gasteiger partial charge in [-0.1, -0.05) is 0 Å². The van der Waals surface area contributed by atoms with E-state index in [1.807, 2.05) is 13.8 Å². The van der Waals surface area contributed by atoms with E-state index >= 15 is 0 Å². The van der Waals surface area contributed by atoms with Gasteiger partial charge in [0.25, 0.3) is 0 Å². The molecule has 1 N–H and O–H groups in total. The second-order valence-electron chi connectivity index (χ2n) is 3.37. The van der Waals surface area contributed by atoms with Crippen LogP contribution in [0.2, 0.25) is 0 Å². The van der Waals surface area contributed by atoms with Crippen LogP contribution >= 0.6 is 22.6 Å². The Morgan fingerprint density at radius 3 is 2.58 bits per heavy atom. The van der Waals surface area contributed by atoms with Crippen LogP contribution in [0.1, 0.15) is 33.1 Å². The molecule has 0 heterocycles. The Balaban J connectivity index is 2.58. The van der Waals surface area contributed by atoms with Crippen molar-refractivity contribution in [3.05, 3.63) is 9.15 Å². The summed E-state index contributed by atoms with van der Waals surface area (Å²) in [6.45, 7) is 3.97. The third-order valence-electron chi connectivity index (χ3n) is 1.84. The zero-order valence-corrected chi connectivity index (χ0v) is 9.64. The van der Waals surface area contributed by atoms with Crippen molar-refractivity contribution < 1.29 is 4.79 Å². The van der Waals surface area contributed by atoms with Crippen molar-refractivity contribution in [2.75, 3.05) is 0 Å². The Morgan fingerprint density at radius 2 is 2.17 bits per heavy atom. The first kappa shape index (κ1) is 10.0. The largest absolute Gasteiger partial charge is 0.350 e. The Bertz CT molecular complexity index is 221. The minimum atomic E-state index is 0.131. The summed E-state index contributed by atoms with van der Waals surface area (Å²) in [6, 6.07) is 0.245. The fraction of sp³-hybridized carbons (Fsp3) is 0.667. The minimum Gasteiger partial charge on any atom is -0.350 e. The van der Waals surface area contributed by atoms with Crippen LogP contribution in [0.15, 0.2) is 9.15 Å². The molecule has 0 atom stereocenters. The van der Waals surface area contributed by atoms with Crippen LogP contribution in [0.3, 0.4) is 0 Å². The lowest BCUT2D eigenvalue weighted by molar-refractivity contribution is -0.118. The molecule has 0 spiro atoms. The number of carbonyl (C=O) groups excluding carboxylic acids is 1. The summed E-state index contributed by atoms with van der Waals surface area (Å²) in [4.78, 5) is 11.5. The SMILES string of the molecule is CC(C)NC(=O)C1=C(I)CCC1. The quantitative estimate of drug-likeness (QED) is 0.773. The first-order valence-corrected chi connectivity index (χ1v) is 5.37. The lowest BCUT2D eigenvalue weighted by Crippen LogP contribution is -2.31. The number of allylic oxidation sites excluding steroid dienone is 1. The fourth-order valence-corrected chi connectivity index (χ4v) is 2.19. The maximum Gasteiger partial charge on any atom is 0.248 e. The van der Waals surface area contributed by atoms with E-state index in [1.54, 1.807) is 0 Å². The minimum absolute atomic E-state index is 0.131. The summed E-state index contributed by atoms with van der Waals surface area (Å²) in [5, 5.41) is 2.91. The molecule has 0 radical (unpaired) electrons. The van der Waals surface area contributed by atoms with Gasteiger partial charge in [0.1, 0.15) is 0 Å². The highest BCUT2D eigenvalue weighted by atomic mass is 127. The second kappa shape index (κ2) is 4.25. The molecule has 1 amide bonds. The molecule has 0 aliphatic heterocycles. The Kier molecular flexibility index (Phi) is 3.55. The highest BCUT2D eigenvalue weighted by molar-refractivity contribution is 14.1. The van der Waals surface area contributed by atoms with Crippen molar-refractivity contribution in [3.63, 3.8) is 0 Å². The maximum absolute atomic E-state index is 11.5. The molecule has 0 aromatic carbocycles. The normalized spacial score (nSPS) is 17.3. The molecule has 0 aromatic rings. The molecule has 68 valence electrons. The third kappa shape index (κ3) is 2.47. The summed E-state index contributed by atoms with van der Waals surface area (Å²) >= 11 is 2.27. The van der Waals surface area contributed by atoms with Gasteiger partial charge in [0.15, 0.2) is 0 Å². The van der Waals surface area contributed by atoms with E-state index in [0.717, 1.165) is 24.8 Å². The molecule has 0 fully saturated rings. The molecular weight excluding hydrogens is 265 g/mol. The predicted molar refractivity (Wildman–Crippen MR) is 58.2 cm³/mol. The zero-order chi connectivity index (χ0) is 9.14. The van der Waals surface area contributed by atoms with Crippen LogP contribution in [-0.4, -0.2) is 11.9 Å². The summed E-state index contributed by atoms with van der Waals surface area (Å²) in [6.07, 6.45) is 3.18. The van der Waals surface area contributed by atoms with Crippen LogP contribution in [0.25, 0.3) is 0 Å². The van der Waals surface area contributed by atoms with Crippen molar-refractivity contribution >= 4 is 28.5 Å². The molecule has 3 heteroatoms. The van der Waals surface area contributed by atoms with Crippen molar-refractivity contribution in [1.82, 2.24) is 5.32 Å². The van der Waals surface area contributed by atoms with E-state index in [-0.39, 0.29) is 11.9 Å². The molecule has 0 saturated carbocycles. The third-order valence-corrected chi connectivity index (χ3v) is 3.03. The molecule has 1 aliphatic rings. The van der Waals surface area contributed by atoms with Crippen molar-refractivity contribution in [2.45, 2.75) is 39.2 Å². The molecular formula is C9H14INO. The Labute approximate surface area is 86.9 Å². The lowest BCUT2D eigenvalue weighted by atomic mass is 10.2. The highest BCUT2D eigenvalue weighted by Crippen LogP contribution is 2.30. The number of rotatable bonds is 2. The van der Waals surface area contributed by atoms with Crippen LogP contribution in [0.4, 0.5) is 0 Å². The molecule has 12 heavy (non-hydrogen) atoms. The van der Waals surface area contributed by atoms with E-state index in [9.17, 15) is 4.79 Å². The number of nitrogens with one attached hydrogen (secondary N) is 1. The van der Waals surface area contributed by atoms with Gasteiger partial charge < -0.3 is 5.32 Å². The molecule has 1 rings (SSSR count). The topological polar surface area (TPSA) is 29.1 Å². The molecule has 0 aromatic heterocycles. The second-order valence-corrected chi connectivity index (χ2v) is 4.67. The van der Waals surface area contributed by atoms with E-state index in [0.29, 0.717) is 0 Å². The lowest BCUT2D eigenvalue weighted by Gasteiger charge is -2.08. The van der Waals surface area contributed by atoms with Gasteiger partial charge in [-0.25, -0.2) is 0 Å². The molecule has 0 bridgehead atoms. The van der Waals surface area contributed by atoms with E-state index < -0.39 is 0 Å². The van der Waals surface area contributed by atoms with Gasteiger partial charge in [0.05, 0.1) is 0 Å². The average molecular weight is 279 g/mol. The van der Waals surface area contributed by atoms with E-state index in [2.05, 4.69) is 27.9 Å². The Hall–Kier alpha value is -0.0600. The molecule has 2 nitrogen and oxygen atoms in total. The van der Waals surface area contributed by atoms with Gasteiger partial charge in [0, 0.05) is 11.6 Å². The van der Waals surface area contributed by atoms with Crippen molar-refractivity contribution in [2.24, 2.45) is 0 Å². The standard InChI is InChI=1S/C9H14INO/c1-6(2)11-9(12)7-4-3-5-8(7)10/h6H,3-5H2,1-2H3,(H,11,12). The van der Waals surface area contributed by atoms with Crippen LogP contribution in [-0.2, 0) is 4.79 Å². The smallest absolute Gasteiger partial charge is 0.248 e. The van der Waals surface area contributed by atoms with Gasteiger partial charge in [0.2, 0.25) is 5.91 Å². The van der Waals surface area contributed by atoms with Crippen LogP contribution in [0, 0.1) is 0 Å². The average Bonchev–Trinajstić information content (AvgIpc) is 2.33.